The molecular formula is C13H14FN3O2. The predicted molar refractivity (Wildman–Crippen MR) is 67.2 cm³/mol. The second kappa shape index (κ2) is 5.17. The number of aryl methyl sites for hydroxylation is 2. The first-order valence-corrected chi connectivity index (χ1v) is 5.89. The summed E-state index contributed by atoms with van der Waals surface area (Å²) >= 11 is 0. The van der Waals surface area contributed by atoms with Gasteiger partial charge in [0, 0.05) is 5.56 Å². The maximum Gasteiger partial charge on any atom is 0.361 e. The van der Waals surface area contributed by atoms with E-state index in [-0.39, 0.29) is 18.1 Å². The van der Waals surface area contributed by atoms with Crippen molar-refractivity contribution >= 4 is 5.97 Å². The Morgan fingerprint density at radius 3 is 2.53 bits per heavy atom. The Balaban J connectivity index is 2.49. The molecule has 0 saturated carbocycles. The molecule has 0 saturated heterocycles. The van der Waals surface area contributed by atoms with Crippen LogP contribution in [0.4, 0.5) is 4.39 Å². The summed E-state index contributed by atoms with van der Waals surface area (Å²) in [5.41, 5.74) is 2.09. The van der Waals surface area contributed by atoms with Crippen LogP contribution in [0.3, 0.4) is 0 Å². The predicted octanol–water partition coefficient (Wildman–Crippen LogP) is 2.40. The van der Waals surface area contributed by atoms with E-state index in [0.29, 0.717) is 22.4 Å². The highest BCUT2D eigenvalue weighted by atomic mass is 19.1. The number of benzene rings is 1. The van der Waals surface area contributed by atoms with E-state index in [2.05, 4.69) is 15.4 Å². The van der Waals surface area contributed by atoms with Gasteiger partial charge in [-0.25, -0.2) is 9.18 Å². The summed E-state index contributed by atoms with van der Waals surface area (Å²) in [6, 6.07) is 3.26. The van der Waals surface area contributed by atoms with Gasteiger partial charge in [0.25, 0.3) is 0 Å². The van der Waals surface area contributed by atoms with Gasteiger partial charge in [0.2, 0.25) is 0 Å². The van der Waals surface area contributed by atoms with Gasteiger partial charge in [-0.15, -0.1) is 5.10 Å². The number of halogens is 1. The Labute approximate surface area is 109 Å². The smallest absolute Gasteiger partial charge is 0.361 e. The van der Waals surface area contributed by atoms with Crippen molar-refractivity contribution in [3.8, 4) is 11.3 Å². The first kappa shape index (κ1) is 13.2. The van der Waals surface area contributed by atoms with Gasteiger partial charge >= 0.3 is 5.97 Å². The second-order valence-corrected chi connectivity index (χ2v) is 4.17. The molecule has 0 radical (unpaired) electrons. The van der Waals surface area contributed by atoms with Crippen LogP contribution in [0.1, 0.15) is 28.5 Å². The Kier molecular flexibility index (Phi) is 3.59. The van der Waals surface area contributed by atoms with Gasteiger partial charge in [-0.3, -0.25) is 0 Å². The average Bonchev–Trinajstić information content (AvgIpc) is 2.84. The average molecular weight is 263 g/mol. The van der Waals surface area contributed by atoms with Crippen LogP contribution in [0, 0.1) is 19.7 Å². The minimum absolute atomic E-state index is 0.104. The largest absolute Gasteiger partial charge is 0.461 e. The van der Waals surface area contributed by atoms with E-state index in [1.54, 1.807) is 32.9 Å². The molecule has 0 amide bonds. The molecule has 1 aromatic heterocycles. The molecule has 2 rings (SSSR count). The Hall–Kier alpha value is -2.24. The minimum atomic E-state index is -0.550. The highest BCUT2D eigenvalue weighted by molar-refractivity contribution is 5.93. The molecule has 0 fully saturated rings. The minimum Gasteiger partial charge on any atom is -0.461 e. The lowest BCUT2D eigenvalue weighted by Gasteiger charge is -2.05. The molecule has 1 heterocycles. The van der Waals surface area contributed by atoms with Crippen molar-refractivity contribution in [3.63, 3.8) is 0 Å². The van der Waals surface area contributed by atoms with Crippen LogP contribution in [-0.4, -0.2) is 28.0 Å². The van der Waals surface area contributed by atoms with Gasteiger partial charge in [-0.2, -0.15) is 10.3 Å². The number of ether oxygens (including phenoxy) is 1. The number of carbonyl (C=O) groups excluding carboxylic acids is 1. The van der Waals surface area contributed by atoms with Crippen molar-refractivity contribution in [2.24, 2.45) is 0 Å². The molecule has 0 bridgehead atoms. The summed E-state index contributed by atoms with van der Waals surface area (Å²) in [6.07, 6.45) is 0. The number of hydrogen-bond acceptors (Lipinski definition) is 4. The fraction of sp³-hybridized carbons (Fsp3) is 0.308. The van der Waals surface area contributed by atoms with Crippen molar-refractivity contribution in [2.45, 2.75) is 20.8 Å². The van der Waals surface area contributed by atoms with Gasteiger partial charge in [-0.05, 0) is 44.0 Å². The van der Waals surface area contributed by atoms with Gasteiger partial charge in [0.1, 0.15) is 11.5 Å². The molecule has 0 spiro atoms. The number of nitrogens with one attached hydrogen (secondary N) is 1. The molecule has 1 N–H and O–H groups in total. The number of nitrogens with zero attached hydrogens (tertiary/aromatic N) is 2. The standard InChI is InChI=1S/C13H14FN3O2/c1-4-19-13(18)12-11(15-17-16-12)9-5-7(2)10(14)8(3)6-9/h5-6H,4H2,1-3H3,(H,15,16,17). The number of esters is 1. The first-order chi connectivity index (χ1) is 9.04. The van der Waals surface area contributed by atoms with Crippen LogP contribution in [0.15, 0.2) is 12.1 Å². The molecule has 5 nitrogen and oxygen atoms in total. The fourth-order valence-electron chi connectivity index (χ4n) is 1.86. The van der Waals surface area contributed by atoms with Crippen LogP contribution in [-0.2, 0) is 4.74 Å². The van der Waals surface area contributed by atoms with Crippen molar-refractivity contribution in [2.75, 3.05) is 6.61 Å². The molecule has 6 heteroatoms. The Morgan fingerprint density at radius 2 is 1.95 bits per heavy atom. The highest BCUT2D eigenvalue weighted by Gasteiger charge is 2.20. The molecule has 19 heavy (non-hydrogen) atoms. The number of H-pyrrole nitrogens is 1. The highest BCUT2D eigenvalue weighted by Crippen LogP contribution is 2.25. The summed E-state index contributed by atoms with van der Waals surface area (Å²) in [7, 11) is 0. The van der Waals surface area contributed by atoms with Crippen LogP contribution < -0.4 is 0 Å². The molecule has 100 valence electrons. The zero-order chi connectivity index (χ0) is 14.0. The van der Waals surface area contributed by atoms with E-state index in [1.807, 2.05) is 0 Å². The maximum absolute atomic E-state index is 13.6. The molecule has 2 aromatic rings. The Bertz CT molecular complexity index is 599. The molecule has 0 aliphatic carbocycles. The number of aromatic nitrogens is 3. The lowest BCUT2D eigenvalue weighted by atomic mass is 10.0. The SMILES string of the molecule is CCOC(=O)c1n[nH]nc1-c1cc(C)c(F)c(C)c1. The quantitative estimate of drug-likeness (QED) is 0.863. The molecule has 0 unspecified atom stereocenters. The number of aromatic amines is 1. The van der Waals surface area contributed by atoms with E-state index in [0.717, 1.165) is 0 Å². The number of rotatable bonds is 3. The Morgan fingerprint density at radius 1 is 1.32 bits per heavy atom. The molecular weight excluding hydrogens is 249 g/mol. The summed E-state index contributed by atoms with van der Waals surface area (Å²) in [6.45, 7) is 5.29. The van der Waals surface area contributed by atoms with Gasteiger partial charge in [0.05, 0.1) is 6.61 Å². The van der Waals surface area contributed by atoms with Gasteiger partial charge in [0.15, 0.2) is 5.69 Å². The van der Waals surface area contributed by atoms with Crippen LogP contribution in [0.25, 0.3) is 11.3 Å². The van der Waals surface area contributed by atoms with E-state index in [9.17, 15) is 9.18 Å². The zero-order valence-corrected chi connectivity index (χ0v) is 11.0. The number of hydrogen-bond donors (Lipinski definition) is 1. The monoisotopic (exact) mass is 263 g/mol. The van der Waals surface area contributed by atoms with Crippen molar-refractivity contribution in [3.05, 3.63) is 34.8 Å². The fourth-order valence-corrected chi connectivity index (χ4v) is 1.86. The van der Waals surface area contributed by atoms with E-state index < -0.39 is 5.97 Å². The van der Waals surface area contributed by atoms with E-state index in [1.165, 1.54) is 0 Å². The third-order valence-electron chi connectivity index (χ3n) is 2.73. The zero-order valence-electron chi connectivity index (χ0n) is 11.0. The third kappa shape index (κ3) is 2.47. The normalized spacial score (nSPS) is 10.5. The maximum atomic E-state index is 13.6. The first-order valence-electron chi connectivity index (χ1n) is 5.89. The van der Waals surface area contributed by atoms with Crippen LogP contribution >= 0.6 is 0 Å². The molecule has 1 aromatic carbocycles. The number of carbonyl (C=O) groups is 1. The third-order valence-corrected chi connectivity index (χ3v) is 2.73. The van der Waals surface area contributed by atoms with E-state index >= 15 is 0 Å². The lowest BCUT2D eigenvalue weighted by Crippen LogP contribution is -2.07. The van der Waals surface area contributed by atoms with Crippen molar-refractivity contribution in [1.29, 1.82) is 0 Å². The summed E-state index contributed by atoms with van der Waals surface area (Å²) in [5.74, 6) is -0.809. The van der Waals surface area contributed by atoms with Crippen molar-refractivity contribution in [1.82, 2.24) is 15.4 Å². The summed E-state index contributed by atoms with van der Waals surface area (Å²) in [5, 5.41) is 10.1. The van der Waals surface area contributed by atoms with Gasteiger partial charge in [-0.1, -0.05) is 0 Å². The molecule has 0 atom stereocenters. The van der Waals surface area contributed by atoms with Gasteiger partial charge < -0.3 is 4.74 Å². The second-order valence-electron chi connectivity index (χ2n) is 4.17. The van der Waals surface area contributed by atoms with Crippen LogP contribution in [0.5, 0.6) is 0 Å². The summed E-state index contributed by atoms with van der Waals surface area (Å²) in [4.78, 5) is 11.7. The lowest BCUT2D eigenvalue weighted by molar-refractivity contribution is 0.0520. The molecule has 0 aliphatic rings. The topological polar surface area (TPSA) is 67.9 Å². The summed E-state index contributed by atoms with van der Waals surface area (Å²) < 4.78 is 18.5. The van der Waals surface area contributed by atoms with Crippen molar-refractivity contribution < 1.29 is 13.9 Å². The molecule has 0 aliphatic heterocycles. The van der Waals surface area contributed by atoms with Crippen LogP contribution in [0.2, 0.25) is 0 Å². The van der Waals surface area contributed by atoms with E-state index in [4.69, 9.17) is 4.74 Å².